The van der Waals surface area contributed by atoms with Crippen LogP contribution in [0.25, 0.3) is 0 Å². The standard InChI is InChI=1S/C15H13NO5/c1-10(15(18)14-7-4-8-21-14)13(17)9-11-5-2-3-6-12(11)16(19)20/h2-8,10H,9H2,1H3. The lowest BCUT2D eigenvalue weighted by molar-refractivity contribution is -0.385. The second-order valence-electron chi connectivity index (χ2n) is 4.59. The third-order valence-corrected chi connectivity index (χ3v) is 3.19. The number of Topliss-reactive ketones (excluding diaryl/α,β-unsaturated/α-hetero) is 2. The summed E-state index contributed by atoms with van der Waals surface area (Å²) in [4.78, 5) is 34.5. The van der Waals surface area contributed by atoms with Crippen LogP contribution in [0.2, 0.25) is 0 Å². The van der Waals surface area contributed by atoms with E-state index in [4.69, 9.17) is 4.42 Å². The Balaban J connectivity index is 2.15. The normalized spacial score (nSPS) is 11.9. The maximum absolute atomic E-state index is 12.1. The topological polar surface area (TPSA) is 90.4 Å². The lowest BCUT2D eigenvalue weighted by atomic mass is 9.94. The van der Waals surface area contributed by atoms with Crippen LogP contribution in [0.5, 0.6) is 0 Å². The molecule has 2 aromatic rings. The summed E-state index contributed by atoms with van der Waals surface area (Å²) in [7, 11) is 0. The SMILES string of the molecule is CC(C(=O)Cc1ccccc1[N+](=O)[O-])C(=O)c1ccco1. The molecule has 0 amide bonds. The van der Waals surface area contributed by atoms with Gasteiger partial charge in [0.2, 0.25) is 5.78 Å². The van der Waals surface area contributed by atoms with E-state index in [2.05, 4.69) is 0 Å². The number of nitrogens with zero attached hydrogens (tertiary/aromatic N) is 1. The summed E-state index contributed by atoms with van der Waals surface area (Å²) < 4.78 is 4.97. The number of carbonyl (C=O) groups is 2. The van der Waals surface area contributed by atoms with E-state index in [-0.39, 0.29) is 23.7 Å². The van der Waals surface area contributed by atoms with Crippen molar-refractivity contribution in [3.05, 3.63) is 64.1 Å². The fourth-order valence-corrected chi connectivity index (χ4v) is 1.96. The summed E-state index contributed by atoms with van der Waals surface area (Å²) in [6, 6.07) is 9.05. The smallest absolute Gasteiger partial charge is 0.273 e. The Morgan fingerprint density at radius 2 is 1.95 bits per heavy atom. The predicted octanol–water partition coefficient (Wildman–Crippen LogP) is 2.82. The molecule has 0 aliphatic rings. The molecule has 0 saturated carbocycles. The Bertz CT molecular complexity index is 675. The average Bonchev–Trinajstić information content (AvgIpc) is 3.00. The molecule has 2 rings (SSSR count). The summed E-state index contributed by atoms with van der Waals surface area (Å²) in [5.41, 5.74) is 0.176. The molecule has 1 heterocycles. The van der Waals surface area contributed by atoms with Crippen molar-refractivity contribution in [2.75, 3.05) is 0 Å². The summed E-state index contributed by atoms with van der Waals surface area (Å²) in [6.07, 6.45) is 1.19. The van der Waals surface area contributed by atoms with E-state index >= 15 is 0 Å². The van der Waals surface area contributed by atoms with Gasteiger partial charge in [-0.15, -0.1) is 0 Å². The first-order valence-corrected chi connectivity index (χ1v) is 6.33. The predicted molar refractivity (Wildman–Crippen MR) is 74.0 cm³/mol. The first-order valence-electron chi connectivity index (χ1n) is 6.33. The molecular formula is C15H13NO5. The van der Waals surface area contributed by atoms with E-state index in [1.165, 1.54) is 37.5 Å². The van der Waals surface area contributed by atoms with Crippen LogP contribution in [0.4, 0.5) is 5.69 Å². The van der Waals surface area contributed by atoms with Crippen LogP contribution in [-0.2, 0) is 11.2 Å². The van der Waals surface area contributed by atoms with E-state index in [1.54, 1.807) is 12.1 Å². The van der Waals surface area contributed by atoms with E-state index in [0.29, 0.717) is 5.56 Å². The van der Waals surface area contributed by atoms with Crippen LogP contribution >= 0.6 is 0 Å². The number of nitro benzene ring substituents is 1. The number of ketones is 2. The van der Waals surface area contributed by atoms with Crippen molar-refractivity contribution in [3.8, 4) is 0 Å². The van der Waals surface area contributed by atoms with Crippen LogP contribution in [0.3, 0.4) is 0 Å². The third kappa shape index (κ3) is 3.22. The van der Waals surface area contributed by atoms with Gasteiger partial charge in [0.25, 0.3) is 5.69 Å². The minimum absolute atomic E-state index is 0.110. The molecule has 0 radical (unpaired) electrons. The molecule has 0 aliphatic carbocycles. The molecule has 1 aromatic carbocycles. The van der Waals surface area contributed by atoms with Gasteiger partial charge in [-0.3, -0.25) is 19.7 Å². The molecule has 0 fully saturated rings. The van der Waals surface area contributed by atoms with Gasteiger partial charge in [0, 0.05) is 18.1 Å². The van der Waals surface area contributed by atoms with Crippen molar-refractivity contribution in [2.24, 2.45) is 5.92 Å². The van der Waals surface area contributed by atoms with Crippen molar-refractivity contribution in [1.29, 1.82) is 0 Å². The zero-order chi connectivity index (χ0) is 15.4. The van der Waals surface area contributed by atoms with E-state index in [1.807, 2.05) is 0 Å². The van der Waals surface area contributed by atoms with Gasteiger partial charge >= 0.3 is 0 Å². The highest BCUT2D eigenvalue weighted by atomic mass is 16.6. The molecule has 0 bridgehead atoms. The molecule has 0 N–H and O–H groups in total. The minimum Gasteiger partial charge on any atom is -0.461 e. The van der Waals surface area contributed by atoms with Gasteiger partial charge in [-0.1, -0.05) is 18.2 Å². The van der Waals surface area contributed by atoms with Gasteiger partial charge in [-0.25, -0.2) is 0 Å². The van der Waals surface area contributed by atoms with Crippen molar-refractivity contribution in [1.82, 2.24) is 0 Å². The second-order valence-corrected chi connectivity index (χ2v) is 4.59. The van der Waals surface area contributed by atoms with Gasteiger partial charge in [0.05, 0.1) is 17.1 Å². The Labute approximate surface area is 120 Å². The van der Waals surface area contributed by atoms with Crippen molar-refractivity contribution >= 4 is 17.3 Å². The highest BCUT2D eigenvalue weighted by Crippen LogP contribution is 2.20. The summed E-state index contributed by atoms with van der Waals surface area (Å²) in [5.74, 6) is -1.61. The number of hydrogen-bond donors (Lipinski definition) is 0. The fourth-order valence-electron chi connectivity index (χ4n) is 1.96. The summed E-state index contributed by atoms with van der Waals surface area (Å²) in [6.45, 7) is 1.47. The van der Waals surface area contributed by atoms with E-state index in [9.17, 15) is 19.7 Å². The highest BCUT2D eigenvalue weighted by Gasteiger charge is 2.26. The summed E-state index contributed by atoms with van der Waals surface area (Å²) in [5, 5.41) is 10.9. The fraction of sp³-hybridized carbons (Fsp3) is 0.200. The Morgan fingerprint density at radius 1 is 1.24 bits per heavy atom. The van der Waals surface area contributed by atoms with Gasteiger partial charge in [-0.2, -0.15) is 0 Å². The number of para-hydroxylation sites is 1. The van der Waals surface area contributed by atoms with Crippen molar-refractivity contribution < 1.29 is 18.9 Å². The molecule has 1 aromatic heterocycles. The molecule has 1 unspecified atom stereocenters. The largest absolute Gasteiger partial charge is 0.461 e. The lowest BCUT2D eigenvalue weighted by Crippen LogP contribution is -2.22. The number of carbonyl (C=O) groups excluding carboxylic acids is 2. The zero-order valence-electron chi connectivity index (χ0n) is 11.3. The Morgan fingerprint density at radius 3 is 2.57 bits per heavy atom. The molecule has 0 saturated heterocycles. The van der Waals surface area contributed by atoms with Crippen LogP contribution in [0, 0.1) is 16.0 Å². The van der Waals surface area contributed by atoms with Gasteiger partial charge in [-0.05, 0) is 19.1 Å². The Kier molecular flexibility index (Phi) is 4.27. The highest BCUT2D eigenvalue weighted by molar-refractivity contribution is 6.09. The maximum atomic E-state index is 12.1. The van der Waals surface area contributed by atoms with Crippen LogP contribution in [-0.4, -0.2) is 16.5 Å². The first kappa shape index (κ1) is 14.6. The summed E-state index contributed by atoms with van der Waals surface area (Å²) >= 11 is 0. The van der Waals surface area contributed by atoms with E-state index < -0.39 is 16.6 Å². The lowest BCUT2D eigenvalue weighted by Gasteiger charge is -2.08. The third-order valence-electron chi connectivity index (χ3n) is 3.19. The van der Waals surface area contributed by atoms with Gasteiger partial charge in [0.1, 0.15) is 5.78 Å². The quantitative estimate of drug-likeness (QED) is 0.352. The number of nitro groups is 1. The maximum Gasteiger partial charge on any atom is 0.273 e. The molecule has 6 heteroatoms. The Hall–Kier alpha value is -2.76. The van der Waals surface area contributed by atoms with Crippen LogP contribution in [0.1, 0.15) is 23.0 Å². The second kappa shape index (κ2) is 6.13. The molecule has 1 atom stereocenters. The number of furan rings is 1. The monoisotopic (exact) mass is 287 g/mol. The molecule has 0 spiro atoms. The van der Waals surface area contributed by atoms with Crippen molar-refractivity contribution in [2.45, 2.75) is 13.3 Å². The molecule has 108 valence electrons. The molecular weight excluding hydrogens is 274 g/mol. The number of hydrogen-bond acceptors (Lipinski definition) is 5. The van der Waals surface area contributed by atoms with Crippen LogP contribution < -0.4 is 0 Å². The first-order chi connectivity index (χ1) is 10.0. The van der Waals surface area contributed by atoms with Crippen molar-refractivity contribution in [3.63, 3.8) is 0 Å². The van der Waals surface area contributed by atoms with E-state index in [0.717, 1.165) is 0 Å². The van der Waals surface area contributed by atoms with Crippen LogP contribution in [0.15, 0.2) is 47.1 Å². The average molecular weight is 287 g/mol. The molecule has 0 aliphatic heterocycles. The van der Waals surface area contributed by atoms with Gasteiger partial charge < -0.3 is 4.42 Å². The number of rotatable bonds is 6. The molecule has 6 nitrogen and oxygen atoms in total. The van der Waals surface area contributed by atoms with Gasteiger partial charge in [0.15, 0.2) is 5.76 Å². The minimum atomic E-state index is -0.907. The number of benzene rings is 1. The zero-order valence-corrected chi connectivity index (χ0v) is 11.3. The molecule has 21 heavy (non-hydrogen) atoms.